The molecule has 1 aromatic rings. The number of likely N-dealkylation sites (tertiary alicyclic amines) is 1. The Morgan fingerprint density at radius 2 is 1.87 bits per heavy atom. The van der Waals surface area contributed by atoms with E-state index in [1.165, 1.54) is 0 Å². The molecule has 1 amide bonds. The predicted octanol–water partition coefficient (Wildman–Crippen LogP) is 1.40. The maximum Gasteiger partial charge on any atom is 0.322 e. The van der Waals surface area contributed by atoms with Gasteiger partial charge in [0, 0.05) is 0 Å². The van der Waals surface area contributed by atoms with Crippen LogP contribution in [-0.4, -0.2) is 54.7 Å². The number of halogens is 1. The second-order valence-electron chi connectivity index (χ2n) is 5.51. The van der Waals surface area contributed by atoms with Gasteiger partial charge >= 0.3 is 5.97 Å². The van der Waals surface area contributed by atoms with Crippen LogP contribution < -0.4 is 10.1 Å². The monoisotopic (exact) mass is 342 g/mol. The van der Waals surface area contributed by atoms with Crippen LogP contribution in [0.2, 0.25) is 0 Å². The lowest BCUT2D eigenvalue weighted by Crippen LogP contribution is -2.43. The van der Waals surface area contributed by atoms with Crippen LogP contribution in [0.1, 0.15) is 12.8 Å². The number of benzene rings is 1. The molecule has 1 aliphatic heterocycles. The first-order chi connectivity index (χ1) is 10.6. The summed E-state index contributed by atoms with van der Waals surface area (Å²) in [5.74, 6) is 0.128. The Hall–Kier alpha value is -1.79. The van der Waals surface area contributed by atoms with Gasteiger partial charge in [0.25, 0.3) is 0 Å². The number of carbonyl (C=O) groups excluding carboxylic acids is 1. The van der Waals surface area contributed by atoms with E-state index in [9.17, 15) is 9.59 Å². The summed E-state index contributed by atoms with van der Waals surface area (Å²) in [6, 6.07) is 9.76. The Kier molecular flexibility index (Phi) is 8.43. The standard InChI is InChI=1S/C16H22N2O4.ClH/c19-15(17-10-16(20)21)11-18-8-6-13(7-9-18)12-22-14-4-2-1-3-5-14;/h1-5,13H,6-12H2,(H,17,19)(H,20,21);1H. The molecule has 0 radical (unpaired) electrons. The fourth-order valence-electron chi connectivity index (χ4n) is 2.48. The fourth-order valence-corrected chi connectivity index (χ4v) is 2.48. The lowest BCUT2D eigenvalue weighted by Gasteiger charge is -2.31. The lowest BCUT2D eigenvalue weighted by atomic mass is 9.98. The molecule has 1 aromatic carbocycles. The zero-order chi connectivity index (χ0) is 15.8. The number of carboxylic acid groups (broad SMARTS) is 1. The summed E-state index contributed by atoms with van der Waals surface area (Å²) in [5, 5.41) is 10.9. The van der Waals surface area contributed by atoms with Crippen molar-refractivity contribution in [2.24, 2.45) is 5.92 Å². The van der Waals surface area contributed by atoms with Crippen LogP contribution in [0.5, 0.6) is 5.75 Å². The Labute approximate surface area is 142 Å². The number of hydrogen-bond donors (Lipinski definition) is 2. The van der Waals surface area contributed by atoms with Gasteiger partial charge in [-0.05, 0) is 44.0 Å². The van der Waals surface area contributed by atoms with Gasteiger partial charge in [0.15, 0.2) is 0 Å². The number of carboxylic acids is 1. The molecule has 0 bridgehead atoms. The van der Waals surface area contributed by atoms with Gasteiger partial charge in [0.1, 0.15) is 12.3 Å². The van der Waals surface area contributed by atoms with E-state index >= 15 is 0 Å². The van der Waals surface area contributed by atoms with E-state index in [4.69, 9.17) is 9.84 Å². The highest BCUT2D eigenvalue weighted by Gasteiger charge is 2.21. The smallest absolute Gasteiger partial charge is 0.322 e. The first-order valence-corrected chi connectivity index (χ1v) is 7.52. The molecular formula is C16H23ClN2O4. The number of hydrogen-bond acceptors (Lipinski definition) is 4. The molecule has 0 spiro atoms. The van der Waals surface area contributed by atoms with Gasteiger partial charge in [-0.2, -0.15) is 0 Å². The average molecular weight is 343 g/mol. The van der Waals surface area contributed by atoms with Crippen molar-refractivity contribution in [3.05, 3.63) is 30.3 Å². The number of nitrogens with one attached hydrogen (secondary N) is 1. The molecule has 1 saturated heterocycles. The van der Waals surface area contributed by atoms with Gasteiger partial charge in [-0.15, -0.1) is 12.4 Å². The second-order valence-corrected chi connectivity index (χ2v) is 5.51. The van der Waals surface area contributed by atoms with Crippen molar-refractivity contribution in [3.63, 3.8) is 0 Å². The maximum atomic E-state index is 11.6. The van der Waals surface area contributed by atoms with E-state index in [0.717, 1.165) is 31.7 Å². The van der Waals surface area contributed by atoms with Crippen molar-refractivity contribution in [2.75, 3.05) is 32.8 Å². The van der Waals surface area contributed by atoms with Gasteiger partial charge in [0.2, 0.25) is 5.91 Å². The summed E-state index contributed by atoms with van der Waals surface area (Å²) in [6.07, 6.45) is 1.97. The summed E-state index contributed by atoms with van der Waals surface area (Å²) in [5.41, 5.74) is 0. The molecule has 7 heteroatoms. The van der Waals surface area contributed by atoms with Crippen molar-refractivity contribution >= 4 is 24.3 Å². The molecule has 1 heterocycles. The molecule has 1 aliphatic rings. The highest BCUT2D eigenvalue weighted by molar-refractivity contribution is 5.85. The summed E-state index contributed by atoms with van der Waals surface area (Å²) < 4.78 is 5.76. The Bertz CT molecular complexity index is 490. The summed E-state index contributed by atoms with van der Waals surface area (Å²) in [6.45, 7) is 2.31. The number of nitrogens with zero attached hydrogens (tertiary/aromatic N) is 1. The molecule has 6 nitrogen and oxygen atoms in total. The Morgan fingerprint density at radius 1 is 1.22 bits per heavy atom. The number of aliphatic carboxylic acids is 1. The number of amides is 1. The molecule has 0 saturated carbocycles. The molecule has 0 aromatic heterocycles. The summed E-state index contributed by atoms with van der Waals surface area (Å²) >= 11 is 0. The van der Waals surface area contributed by atoms with Gasteiger partial charge in [-0.1, -0.05) is 18.2 Å². The number of rotatable bonds is 7. The first kappa shape index (κ1) is 19.3. The molecular weight excluding hydrogens is 320 g/mol. The number of ether oxygens (including phenoxy) is 1. The molecule has 2 N–H and O–H groups in total. The Balaban J connectivity index is 0.00000264. The van der Waals surface area contributed by atoms with Crippen molar-refractivity contribution in [2.45, 2.75) is 12.8 Å². The van der Waals surface area contributed by atoms with Crippen molar-refractivity contribution in [1.29, 1.82) is 0 Å². The topological polar surface area (TPSA) is 78.9 Å². The minimum atomic E-state index is -1.02. The van der Waals surface area contributed by atoms with Crippen LogP contribution in [0.4, 0.5) is 0 Å². The molecule has 23 heavy (non-hydrogen) atoms. The van der Waals surface area contributed by atoms with Crippen LogP contribution >= 0.6 is 12.4 Å². The number of para-hydroxylation sites is 1. The van der Waals surface area contributed by atoms with Crippen LogP contribution in [0.15, 0.2) is 30.3 Å². The molecule has 0 atom stereocenters. The normalized spacial score (nSPS) is 15.5. The highest BCUT2D eigenvalue weighted by atomic mass is 35.5. The quantitative estimate of drug-likeness (QED) is 0.783. The van der Waals surface area contributed by atoms with E-state index in [2.05, 4.69) is 10.2 Å². The minimum absolute atomic E-state index is 0. The van der Waals surface area contributed by atoms with Crippen LogP contribution in [-0.2, 0) is 9.59 Å². The van der Waals surface area contributed by atoms with Crippen molar-refractivity contribution < 1.29 is 19.4 Å². The van der Waals surface area contributed by atoms with Crippen LogP contribution in [0.3, 0.4) is 0 Å². The first-order valence-electron chi connectivity index (χ1n) is 7.52. The SMILES string of the molecule is Cl.O=C(O)CNC(=O)CN1CCC(COc2ccccc2)CC1. The molecule has 0 aliphatic carbocycles. The van der Waals surface area contributed by atoms with E-state index in [1.54, 1.807) is 0 Å². The molecule has 128 valence electrons. The van der Waals surface area contributed by atoms with E-state index in [-0.39, 0.29) is 31.4 Å². The molecule has 0 unspecified atom stereocenters. The van der Waals surface area contributed by atoms with Crippen molar-refractivity contribution in [3.8, 4) is 5.75 Å². The predicted molar refractivity (Wildman–Crippen MR) is 89.0 cm³/mol. The largest absolute Gasteiger partial charge is 0.493 e. The van der Waals surface area contributed by atoms with Crippen LogP contribution in [0, 0.1) is 5.92 Å². The summed E-state index contributed by atoms with van der Waals surface area (Å²) in [4.78, 5) is 24.0. The third kappa shape index (κ3) is 7.34. The zero-order valence-electron chi connectivity index (χ0n) is 12.9. The van der Waals surface area contributed by atoms with Gasteiger partial charge in [-0.25, -0.2) is 0 Å². The van der Waals surface area contributed by atoms with E-state index < -0.39 is 5.97 Å². The number of piperidine rings is 1. The van der Waals surface area contributed by atoms with E-state index in [0.29, 0.717) is 12.5 Å². The second kappa shape index (κ2) is 10.1. The maximum absolute atomic E-state index is 11.6. The third-order valence-corrected chi connectivity index (χ3v) is 3.74. The lowest BCUT2D eigenvalue weighted by molar-refractivity contribution is -0.138. The summed E-state index contributed by atoms with van der Waals surface area (Å²) in [7, 11) is 0. The zero-order valence-corrected chi connectivity index (χ0v) is 13.8. The highest BCUT2D eigenvalue weighted by Crippen LogP contribution is 2.19. The van der Waals surface area contributed by atoms with Gasteiger partial charge in [-0.3, -0.25) is 14.5 Å². The third-order valence-electron chi connectivity index (χ3n) is 3.74. The van der Waals surface area contributed by atoms with Gasteiger partial charge < -0.3 is 15.2 Å². The average Bonchev–Trinajstić information content (AvgIpc) is 2.53. The van der Waals surface area contributed by atoms with Crippen LogP contribution in [0.25, 0.3) is 0 Å². The number of carbonyl (C=O) groups is 2. The van der Waals surface area contributed by atoms with Crippen molar-refractivity contribution in [1.82, 2.24) is 10.2 Å². The minimum Gasteiger partial charge on any atom is -0.493 e. The van der Waals surface area contributed by atoms with Gasteiger partial charge in [0.05, 0.1) is 13.2 Å². The molecule has 2 rings (SSSR count). The Morgan fingerprint density at radius 3 is 2.48 bits per heavy atom. The van der Waals surface area contributed by atoms with E-state index in [1.807, 2.05) is 30.3 Å². The molecule has 1 fully saturated rings. The fraction of sp³-hybridized carbons (Fsp3) is 0.500.